The van der Waals surface area contributed by atoms with Crippen LogP contribution < -0.4 is 0 Å². The molecular formula is C13H10ClFN2O. The van der Waals surface area contributed by atoms with Crippen LogP contribution in [0.5, 0.6) is 0 Å². The highest BCUT2D eigenvalue weighted by atomic mass is 35.5. The Labute approximate surface area is 108 Å². The summed E-state index contributed by atoms with van der Waals surface area (Å²) in [6.07, 6.45) is 6.47. The molecule has 2 aromatic rings. The molecule has 0 N–H and O–H groups in total. The van der Waals surface area contributed by atoms with Crippen molar-refractivity contribution in [2.75, 3.05) is 0 Å². The van der Waals surface area contributed by atoms with Crippen molar-refractivity contribution in [2.24, 2.45) is 7.05 Å². The number of carbonyl (C=O) groups is 1. The van der Waals surface area contributed by atoms with Gasteiger partial charge in [0.15, 0.2) is 5.78 Å². The summed E-state index contributed by atoms with van der Waals surface area (Å²) >= 11 is 5.61. The van der Waals surface area contributed by atoms with Gasteiger partial charge in [-0.25, -0.2) is 4.39 Å². The summed E-state index contributed by atoms with van der Waals surface area (Å²) in [6.45, 7) is 0. The van der Waals surface area contributed by atoms with E-state index in [0.717, 1.165) is 5.56 Å². The molecular weight excluding hydrogens is 255 g/mol. The molecule has 1 aromatic carbocycles. The molecule has 0 unspecified atom stereocenters. The molecule has 0 fully saturated rings. The smallest absolute Gasteiger partial charge is 0.185 e. The van der Waals surface area contributed by atoms with Gasteiger partial charge in [-0.2, -0.15) is 5.10 Å². The molecule has 2 rings (SSSR count). The van der Waals surface area contributed by atoms with Gasteiger partial charge in [-0.05, 0) is 30.4 Å². The zero-order chi connectivity index (χ0) is 13.1. The normalized spacial score (nSPS) is 11.1. The van der Waals surface area contributed by atoms with Crippen LogP contribution in [-0.4, -0.2) is 15.6 Å². The minimum atomic E-state index is -0.538. The zero-order valence-corrected chi connectivity index (χ0v) is 10.4. The predicted octanol–water partition coefficient (Wildman–Crippen LogP) is 3.11. The lowest BCUT2D eigenvalue weighted by Crippen LogP contribution is -1.94. The second-order valence-corrected chi connectivity index (χ2v) is 4.18. The van der Waals surface area contributed by atoms with Crippen molar-refractivity contribution < 1.29 is 9.18 Å². The van der Waals surface area contributed by atoms with E-state index in [1.165, 1.54) is 24.3 Å². The van der Waals surface area contributed by atoms with Crippen molar-refractivity contribution in [1.82, 2.24) is 9.78 Å². The number of carbonyl (C=O) groups excluding carboxylic acids is 1. The summed E-state index contributed by atoms with van der Waals surface area (Å²) in [5.41, 5.74) is 1.17. The van der Waals surface area contributed by atoms with E-state index in [1.54, 1.807) is 30.2 Å². The number of hydrogen-bond donors (Lipinski definition) is 0. The van der Waals surface area contributed by atoms with Gasteiger partial charge in [0.2, 0.25) is 0 Å². The Morgan fingerprint density at radius 2 is 2.28 bits per heavy atom. The van der Waals surface area contributed by atoms with E-state index >= 15 is 0 Å². The number of allylic oxidation sites excluding steroid dienone is 1. The first-order valence-electron chi connectivity index (χ1n) is 5.22. The highest BCUT2D eigenvalue weighted by molar-refractivity contribution is 6.31. The Morgan fingerprint density at radius 3 is 2.89 bits per heavy atom. The second-order valence-electron chi connectivity index (χ2n) is 3.77. The molecule has 1 heterocycles. The van der Waals surface area contributed by atoms with Crippen molar-refractivity contribution in [2.45, 2.75) is 0 Å². The third-order valence-corrected chi connectivity index (χ3v) is 2.65. The molecule has 5 heteroatoms. The highest BCUT2D eigenvalue weighted by Gasteiger charge is 2.05. The van der Waals surface area contributed by atoms with Gasteiger partial charge < -0.3 is 0 Å². The lowest BCUT2D eigenvalue weighted by molar-refractivity contribution is 0.104. The van der Waals surface area contributed by atoms with Crippen molar-refractivity contribution in [3.8, 4) is 0 Å². The molecule has 0 aliphatic carbocycles. The monoisotopic (exact) mass is 264 g/mol. The van der Waals surface area contributed by atoms with Crippen LogP contribution in [0.3, 0.4) is 0 Å². The topological polar surface area (TPSA) is 34.9 Å². The van der Waals surface area contributed by atoms with Crippen LogP contribution in [0.2, 0.25) is 5.02 Å². The Morgan fingerprint density at radius 1 is 1.50 bits per heavy atom. The maximum atomic E-state index is 12.9. The molecule has 92 valence electrons. The molecule has 0 aliphatic heterocycles. The van der Waals surface area contributed by atoms with E-state index in [0.29, 0.717) is 5.56 Å². The fraction of sp³-hybridized carbons (Fsp3) is 0.0769. The Balaban J connectivity index is 2.16. The quantitative estimate of drug-likeness (QED) is 0.631. The summed E-state index contributed by atoms with van der Waals surface area (Å²) in [6, 6.07) is 3.89. The summed E-state index contributed by atoms with van der Waals surface area (Å²) < 4.78 is 14.6. The van der Waals surface area contributed by atoms with E-state index in [4.69, 9.17) is 11.6 Å². The van der Waals surface area contributed by atoms with Gasteiger partial charge >= 0.3 is 0 Å². The third kappa shape index (κ3) is 2.84. The molecule has 0 atom stereocenters. The molecule has 3 nitrogen and oxygen atoms in total. The molecule has 0 saturated heterocycles. The van der Waals surface area contributed by atoms with Crippen molar-refractivity contribution in [1.29, 1.82) is 0 Å². The first-order chi connectivity index (χ1) is 8.56. The Hall–Kier alpha value is -1.94. The Bertz CT molecular complexity index is 619. The van der Waals surface area contributed by atoms with Gasteiger partial charge in [-0.1, -0.05) is 11.6 Å². The fourth-order valence-electron chi connectivity index (χ4n) is 1.44. The number of hydrogen-bond acceptors (Lipinski definition) is 2. The van der Waals surface area contributed by atoms with Gasteiger partial charge in [0.1, 0.15) is 5.82 Å². The fourth-order valence-corrected chi connectivity index (χ4v) is 1.62. The number of benzene rings is 1. The molecule has 0 saturated carbocycles. The number of halogens is 2. The van der Waals surface area contributed by atoms with E-state index in [-0.39, 0.29) is 10.8 Å². The van der Waals surface area contributed by atoms with Gasteiger partial charge in [-0.3, -0.25) is 9.48 Å². The van der Waals surface area contributed by atoms with E-state index in [2.05, 4.69) is 5.10 Å². The zero-order valence-electron chi connectivity index (χ0n) is 9.60. The number of rotatable bonds is 3. The van der Waals surface area contributed by atoms with Crippen LogP contribution in [0, 0.1) is 5.82 Å². The standard InChI is InChI=1S/C13H10ClFN2O/c1-17-8-9(7-16-17)2-5-13(18)10-3-4-12(15)11(14)6-10/h2-8H,1H3/b5-2+. The average molecular weight is 265 g/mol. The largest absolute Gasteiger partial charge is 0.289 e. The first kappa shape index (κ1) is 12.5. The molecule has 0 amide bonds. The highest BCUT2D eigenvalue weighted by Crippen LogP contribution is 2.16. The lowest BCUT2D eigenvalue weighted by atomic mass is 10.1. The van der Waals surface area contributed by atoms with Crippen LogP contribution >= 0.6 is 11.6 Å². The van der Waals surface area contributed by atoms with E-state index in [1.807, 2.05) is 0 Å². The van der Waals surface area contributed by atoms with Crippen LogP contribution in [0.4, 0.5) is 4.39 Å². The maximum absolute atomic E-state index is 12.9. The number of ketones is 1. The Kier molecular flexibility index (Phi) is 3.58. The summed E-state index contributed by atoms with van der Waals surface area (Å²) in [7, 11) is 1.79. The van der Waals surface area contributed by atoms with Crippen LogP contribution in [0.25, 0.3) is 6.08 Å². The van der Waals surface area contributed by atoms with Crippen LogP contribution in [0.1, 0.15) is 15.9 Å². The minimum Gasteiger partial charge on any atom is -0.289 e. The summed E-state index contributed by atoms with van der Waals surface area (Å²) in [5, 5.41) is 3.92. The number of aromatic nitrogens is 2. The average Bonchev–Trinajstić information content (AvgIpc) is 2.75. The van der Waals surface area contributed by atoms with Crippen molar-refractivity contribution >= 4 is 23.5 Å². The molecule has 18 heavy (non-hydrogen) atoms. The lowest BCUT2D eigenvalue weighted by Gasteiger charge is -1.97. The van der Waals surface area contributed by atoms with Crippen LogP contribution in [0.15, 0.2) is 36.7 Å². The van der Waals surface area contributed by atoms with Gasteiger partial charge in [0.05, 0.1) is 11.2 Å². The van der Waals surface area contributed by atoms with E-state index in [9.17, 15) is 9.18 Å². The molecule has 0 radical (unpaired) electrons. The van der Waals surface area contributed by atoms with Gasteiger partial charge in [0.25, 0.3) is 0 Å². The molecule has 0 aliphatic rings. The third-order valence-electron chi connectivity index (χ3n) is 2.36. The maximum Gasteiger partial charge on any atom is 0.185 e. The van der Waals surface area contributed by atoms with E-state index < -0.39 is 5.82 Å². The molecule has 0 bridgehead atoms. The van der Waals surface area contributed by atoms with Gasteiger partial charge in [0, 0.05) is 24.4 Å². The first-order valence-corrected chi connectivity index (χ1v) is 5.60. The molecule has 0 spiro atoms. The SMILES string of the molecule is Cn1cc(/C=C/C(=O)c2ccc(F)c(Cl)c2)cn1. The summed E-state index contributed by atoms with van der Waals surface area (Å²) in [4.78, 5) is 11.8. The van der Waals surface area contributed by atoms with Gasteiger partial charge in [-0.15, -0.1) is 0 Å². The predicted molar refractivity (Wildman–Crippen MR) is 68.0 cm³/mol. The number of aryl methyl sites for hydroxylation is 1. The summed E-state index contributed by atoms with van der Waals surface area (Å²) in [5.74, 6) is -0.773. The van der Waals surface area contributed by atoms with Crippen molar-refractivity contribution in [3.05, 3.63) is 58.6 Å². The minimum absolute atomic E-state index is 0.0596. The second kappa shape index (κ2) is 5.14. The van der Waals surface area contributed by atoms with Crippen molar-refractivity contribution in [3.63, 3.8) is 0 Å². The molecule has 1 aromatic heterocycles. The number of nitrogens with zero attached hydrogens (tertiary/aromatic N) is 2. The van der Waals surface area contributed by atoms with Crippen LogP contribution in [-0.2, 0) is 7.05 Å².